The van der Waals surface area contributed by atoms with Crippen LogP contribution in [0.2, 0.25) is 0 Å². The van der Waals surface area contributed by atoms with Crippen LogP contribution in [0.15, 0.2) is 0 Å². The Kier molecular flexibility index (Phi) is 3.83. The monoisotopic (exact) mass is 133 g/mol. The van der Waals surface area contributed by atoms with Gasteiger partial charge in [0.15, 0.2) is 0 Å². The first-order valence-electron chi connectivity index (χ1n) is 2.15. The van der Waals surface area contributed by atoms with Gasteiger partial charge in [0.05, 0.1) is 0 Å². The Hall–Kier alpha value is -0.0775. The molecule has 5 heteroatoms. The minimum Gasteiger partial charge on any atom is -0.504 e. The Morgan fingerprint density at radius 1 is 2.00 bits per heavy atom. The first kappa shape index (κ1) is 7.92. The molecule has 1 unspecified atom stereocenters. The predicted molar refractivity (Wildman–Crippen MR) is 30.1 cm³/mol. The molecular weight excluding hydrogens is 125 g/mol. The second kappa shape index (κ2) is 3.87. The van der Waals surface area contributed by atoms with Crippen molar-refractivity contribution in [2.24, 2.45) is 5.73 Å². The Bertz CT molecular complexity index is 86.6. The van der Waals surface area contributed by atoms with Gasteiger partial charge in [-0.2, -0.15) is 0 Å². The van der Waals surface area contributed by atoms with Gasteiger partial charge in [0.25, 0.3) is 0 Å². The summed E-state index contributed by atoms with van der Waals surface area (Å²) >= 11 is 0.539. The number of carboxylic acids is 1. The summed E-state index contributed by atoms with van der Waals surface area (Å²) < 4.78 is 4.60. The summed E-state index contributed by atoms with van der Waals surface area (Å²) in [7, 11) is 0. The lowest BCUT2D eigenvalue weighted by Crippen LogP contribution is -2.34. The third-order valence-corrected chi connectivity index (χ3v) is 0.997. The summed E-state index contributed by atoms with van der Waals surface area (Å²) in [5.41, 5.74) is 5.02. The maximum Gasteiger partial charge on any atom is 0.410 e. The molecule has 0 heterocycles. The molecule has 0 radical (unpaired) electrons. The lowest BCUT2D eigenvalue weighted by atomic mass is 10.3. The van der Waals surface area contributed by atoms with Crippen LogP contribution >= 0.6 is 0 Å². The molecule has 0 saturated heterocycles. The second-order valence-electron chi connectivity index (χ2n) is 1.40. The SMILES string of the molecule is NC(C[O][AlH2])C(=O)O. The molecule has 0 bridgehead atoms. The second-order valence-corrected chi connectivity index (χ2v) is 1.98. The highest BCUT2D eigenvalue weighted by Gasteiger charge is 2.08. The summed E-state index contributed by atoms with van der Waals surface area (Å²) in [5, 5.41) is 8.12. The lowest BCUT2D eigenvalue weighted by Gasteiger charge is -2.02. The Morgan fingerprint density at radius 2 is 2.50 bits per heavy atom. The Labute approximate surface area is 55.4 Å². The van der Waals surface area contributed by atoms with Gasteiger partial charge in [0.1, 0.15) is 6.04 Å². The summed E-state index contributed by atoms with van der Waals surface area (Å²) in [4.78, 5) is 9.90. The predicted octanol–water partition coefficient (Wildman–Crippen LogP) is -2.04. The van der Waals surface area contributed by atoms with E-state index in [1.54, 1.807) is 0 Å². The van der Waals surface area contributed by atoms with E-state index in [1.165, 1.54) is 0 Å². The average molecular weight is 133 g/mol. The minimum absolute atomic E-state index is 0.127. The Morgan fingerprint density at radius 3 is 2.62 bits per heavy atom. The van der Waals surface area contributed by atoms with Crippen molar-refractivity contribution >= 4 is 22.6 Å². The van der Waals surface area contributed by atoms with Gasteiger partial charge in [-0.15, -0.1) is 0 Å². The Balaban J connectivity index is 3.32. The average Bonchev–Trinajstić information content (AvgIpc) is 1.67. The van der Waals surface area contributed by atoms with Gasteiger partial charge in [-0.05, 0) is 0 Å². The van der Waals surface area contributed by atoms with E-state index in [0.29, 0.717) is 16.6 Å². The topological polar surface area (TPSA) is 72.5 Å². The lowest BCUT2D eigenvalue weighted by molar-refractivity contribution is -0.139. The normalized spacial score (nSPS) is 13.1. The van der Waals surface area contributed by atoms with Gasteiger partial charge in [-0.3, -0.25) is 4.79 Å². The number of carboxylic acid groups (broad SMARTS) is 1. The molecule has 0 aliphatic carbocycles. The molecule has 0 fully saturated rings. The summed E-state index contributed by atoms with van der Waals surface area (Å²) in [6, 6.07) is -0.854. The molecule has 0 aromatic rings. The molecule has 0 amide bonds. The zero-order chi connectivity index (χ0) is 6.57. The maximum atomic E-state index is 9.90. The number of hydrogen-bond donors (Lipinski definition) is 2. The van der Waals surface area contributed by atoms with Crippen molar-refractivity contribution in [2.45, 2.75) is 6.04 Å². The first-order valence-corrected chi connectivity index (χ1v) is 2.97. The zero-order valence-corrected chi connectivity index (χ0v) is 6.63. The van der Waals surface area contributed by atoms with Crippen LogP contribution in [0.25, 0.3) is 0 Å². The highest BCUT2D eigenvalue weighted by Crippen LogP contribution is 1.76. The van der Waals surface area contributed by atoms with E-state index < -0.39 is 12.0 Å². The molecule has 0 aromatic heterocycles. The van der Waals surface area contributed by atoms with Crippen molar-refractivity contribution in [3.8, 4) is 0 Å². The van der Waals surface area contributed by atoms with Crippen LogP contribution < -0.4 is 5.73 Å². The number of hydrogen-bond acceptors (Lipinski definition) is 3. The van der Waals surface area contributed by atoms with Gasteiger partial charge in [-0.1, -0.05) is 0 Å². The fourth-order valence-electron chi connectivity index (χ4n) is 0.251. The molecule has 0 saturated carbocycles. The molecule has 8 heavy (non-hydrogen) atoms. The van der Waals surface area contributed by atoms with Crippen molar-refractivity contribution in [2.75, 3.05) is 6.61 Å². The van der Waals surface area contributed by atoms with Crippen LogP contribution in [0.4, 0.5) is 0 Å². The third-order valence-electron chi connectivity index (χ3n) is 0.663. The molecule has 0 spiro atoms. The standard InChI is InChI=1S/C3H6NO3.Al.2H/c4-2(1-5)3(6)7;;;/h2H,1,4H2,(H,6,7);;;/q-1;+1;;. The molecule has 0 aromatic carbocycles. The van der Waals surface area contributed by atoms with E-state index in [4.69, 9.17) is 10.8 Å². The van der Waals surface area contributed by atoms with Crippen molar-refractivity contribution < 1.29 is 13.7 Å². The third kappa shape index (κ3) is 2.99. The fourth-order valence-corrected chi connectivity index (χ4v) is 0.610. The molecule has 0 aliphatic heterocycles. The van der Waals surface area contributed by atoms with Gasteiger partial charge in [0, 0.05) is 6.61 Å². The first-order chi connectivity index (χ1) is 3.68. The molecule has 3 N–H and O–H groups in total. The highest BCUT2D eigenvalue weighted by atomic mass is 27.1. The van der Waals surface area contributed by atoms with E-state index >= 15 is 0 Å². The van der Waals surface area contributed by atoms with Crippen molar-refractivity contribution in [1.29, 1.82) is 0 Å². The van der Waals surface area contributed by atoms with Crippen molar-refractivity contribution in [3.63, 3.8) is 0 Å². The van der Waals surface area contributed by atoms with Gasteiger partial charge in [0.2, 0.25) is 0 Å². The number of rotatable bonds is 3. The molecule has 4 nitrogen and oxygen atoms in total. The summed E-state index contributed by atoms with van der Waals surface area (Å²) in [5.74, 6) is -1.01. The van der Waals surface area contributed by atoms with Crippen molar-refractivity contribution in [1.82, 2.24) is 0 Å². The van der Waals surface area contributed by atoms with Crippen LogP contribution in [0.5, 0.6) is 0 Å². The van der Waals surface area contributed by atoms with Crippen LogP contribution in [0.1, 0.15) is 0 Å². The van der Waals surface area contributed by atoms with E-state index in [1.807, 2.05) is 0 Å². The smallest absolute Gasteiger partial charge is 0.410 e. The molecule has 0 aliphatic rings. The maximum absolute atomic E-state index is 9.90. The molecule has 0 rings (SSSR count). The number of aliphatic carboxylic acids is 1. The van der Waals surface area contributed by atoms with Crippen LogP contribution in [-0.4, -0.2) is 40.3 Å². The van der Waals surface area contributed by atoms with E-state index in [2.05, 4.69) is 3.79 Å². The van der Waals surface area contributed by atoms with Crippen LogP contribution in [0, 0.1) is 0 Å². The highest BCUT2D eigenvalue weighted by molar-refractivity contribution is 5.98. The molecule has 1 atom stereocenters. The van der Waals surface area contributed by atoms with E-state index in [0.717, 1.165) is 0 Å². The molecular formula is C3H8AlNO3. The fraction of sp³-hybridized carbons (Fsp3) is 0.667. The summed E-state index contributed by atoms with van der Waals surface area (Å²) in [6.07, 6.45) is 0. The largest absolute Gasteiger partial charge is 0.504 e. The van der Waals surface area contributed by atoms with Crippen LogP contribution in [0.3, 0.4) is 0 Å². The van der Waals surface area contributed by atoms with Crippen molar-refractivity contribution in [3.05, 3.63) is 0 Å². The van der Waals surface area contributed by atoms with E-state index in [-0.39, 0.29) is 6.61 Å². The number of nitrogens with two attached hydrogens (primary N) is 1. The van der Waals surface area contributed by atoms with Crippen LogP contribution in [-0.2, 0) is 8.58 Å². The summed E-state index contributed by atoms with van der Waals surface area (Å²) in [6.45, 7) is 0.127. The molecule has 46 valence electrons. The minimum atomic E-state index is -1.01. The van der Waals surface area contributed by atoms with E-state index in [9.17, 15) is 4.79 Å². The van der Waals surface area contributed by atoms with Gasteiger partial charge < -0.3 is 14.6 Å². The number of carbonyl (C=O) groups is 1. The van der Waals surface area contributed by atoms with Gasteiger partial charge >= 0.3 is 22.6 Å². The van der Waals surface area contributed by atoms with Gasteiger partial charge in [-0.25, -0.2) is 0 Å². The quantitative estimate of drug-likeness (QED) is 0.435. The zero-order valence-electron chi connectivity index (χ0n) is 4.63.